The Kier molecular flexibility index (Phi) is 5.39. The molecular weight excluding hydrogens is 302 g/mol. The number of carbonyl (C=O) groups is 2. The Bertz CT molecular complexity index is 780. The molecule has 2 aromatic carbocycles. The molecule has 0 heterocycles. The van der Waals surface area contributed by atoms with Crippen LogP contribution in [0.5, 0.6) is 0 Å². The second kappa shape index (κ2) is 7.30. The predicted octanol–water partition coefficient (Wildman–Crippen LogP) is 4.10. The summed E-state index contributed by atoms with van der Waals surface area (Å²) in [5.41, 5.74) is 5.31. The molecule has 2 aromatic rings. The zero-order valence-corrected chi connectivity index (χ0v) is 14.8. The fourth-order valence-corrected chi connectivity index (χ4v) is 2.26. The topological polar surface area (TPSA) is 55.4 Å². The van der Waals surface area contributed by atoms with Crippen molar-refractivity contribution in [1.82, 2.24) is 0 Å². The van der Waals surface area contributed by atoms with E-state index in [0.717, 1.165) is 27.9 Å². The van der Waals surface area contributed by atoms with E-state index < -0.39 is 12.1 Å². The summed E-state index contributed by atoms with van der Waals surface area (Å²) >= 11 is 0. The SMILES string of the molecule is Cc1ccc(C)c(NC(=O)[C@@H](C)OC(=O)c2ccc(C)c(C)c2)c1. The highest BCUT2D eigenvalue weighted by Crippen LogP contribution is 2.17. The van der Waals surface area contributed by atoms with Crippen LogP contribution < -0.4 is 5.32 Å². The molecule has 4 heteroatoms. The van der Waals surface area contributed by atoms with E-state index in [1.165, 1.54) is 0 Å². The molecule has 0 unspecified atom stereocenters. The lowest BCUT2D eigenvalue weighted by Gasteiger charge is -2.15. The number of carbonyl (C=O) groups excluding carboxylic acids is 2. The number of benzene rings is 2. The van der Waals surface area contributed by atoms with Crippen LogP contribution in [0, 0.1) is 27.7 Å². The Labute approximate surface area is 142 Å². The summed E-state index contributed by atoms with van der Waals surface area (Å²) in [5.74, 6) is -0.845. The van der Waals surface area contributed by atoms with Gasteiger partial charge in [-0.15, -0.1) is 0 Å². The minimum absolute atomic E-state index is 0.346. The maximum Gasteiger partial charge on any atom is 0.338 e. The van der Waals surface area contributed by atoms with Gasteiger partial charge in [0.15, 0.2) is 6.10 Å². The van der Waals surface area contributed by atoms with E-state index in [-0.39, 0.29) is 5.91 Å². The van der Waals surface area contributed by atoms with Crippen LogP contribution in [0.1, 0.15) is 39.5 Å². The third-order valence-electron chi connectivity index (χ3n) is 4.05. The second-order valence-electron chi connectivity index (χ2n) is 6.15. The van der Waals surface area contributed by atoms with Crippen molar-refractivity contribution in [2.75, 3.05) is 5.32 Å². The van der Waals surface area contributed by atoms with Crippen LogP contribution in [0.2, 0.25) is 0 Å². The molecule has 0 aliphatic rings. The van der Waals surface area contributed by atoms with Crippen LogP contribution in [0.15, 0.2) is 36.4 Å². The summed E-state index contributed by atoms with van der Waals surface area (Å²) in [6.07, 6.45) is -0.876. The van der Waals surface area contributed by atoms with Gasteiger partial charge < -0.3 is 10.1 Å². The van der Waals surface area contributed by atoms with Gasteiger partial charge in [0.25, 0.3) is 5.91 Å². The molecule has 0 aromatic heterocycles. The Morgan fingerprint density at radius 1 is 0.917 bits per heavy atom. The second-order valence-corrected chi connectivity index (χ2v) is 6.15. The number of nitrogens with one attached hydrogen (secondary N) is 1. The Balaban J connectivity index is 2.04. The molecule has 0 aliphatic heterocycles. The first kappa shape index (κ1) is 17.7. The molecular formula is C20H23NO3. The summed E-state index contributed by atoms with van der Waals surface area (Å²) in [4.78, 5) is 24.5. The normalized spacial score (nSPS) is 11.7. The molecule has 1 amide bonds. The first-order valence-electron chi connectivity index (χ1n) is 7.94. The number of hydrogen-bond donors (Lipinski definition) is 1. The minimum atomic E-state index is -0.876. The molecule has 1 N–H and O–H groups in total. The van der Waals surface area contributed by atoms with Crippen LogP contribution >= 0.6 is 0 Å². The van der Waals surface area contributed by atoms with Crippen LogP contribution in [0.3, 0.4) is 0 Å². The molecule has 126 valence electrons. The highest BCUT2D eigenvalue weighted by atomic mass is 16.5. The number of rotatable bonds is 4. The quantitative estimate of drug-likeness (QED) is 0.861. The highest BCUT2D eigenvalue weighted by molar-refractivity contribution is 5.97. The van der Waals surface area contributed by atoms with Crippen molar-refractivity contribution in [2.24, 2.45) is 0 Å². The molecule has 0 radical (unpaired) electrons. The Morgan fingerprint density at radius 3 is 2.25 bits per heavy atom. The van der Waals surface area contributed by atoms with E-state index >= 15 is 0 Å². The summed E-state index contributed by atoms with van der Waals surface area (Å²) in [7, 11) is 0. The molecule has 24 heavy (non-hydrogen) atoms. The number of hydrogen-bond acceptors (Lipinski definition) is 3. The van der Waals surface area contributed by atoms with Crippen molar-refractivity contribution in [2.45, 2.75) is 40.7 Å². The molecule has 2 rings (SSSR count). The minimum Gasteiger partial charge on any atom is -0.449 e. The predicted molar refractivity (Wildman–Crippen MR) is 95.3 cm³/mol. The van der Waals surface area contributed by atoms with E-state index in [1.54, 1.807) is 19.1 Å². The number of anilines is 1. The van der Waals surface area contributed by atoms with E-state index in [9.17, 15) is 9.59 Å². The van der Waals surface area contributed by atoms with Gasteiger partial charge >= 0.3 is 5.97 Å². The molecule has 4 nitrogen and oxygen atoms in total. The van der Waals surface area contributed by atoms with Crippen molar-refractivity contribution in [3.8, 4) is 0 Å². The first-order chi connectivity index (χ1) is 11.3. The van der Waals surface area contributed by atoms with Gasteiger partial charge in [-0.3, -0.25) is 4.79 Å². The van der Waals surface area contributed by atoms with E-state index in [4.69, 9.17) is 4.74 Å². The largest absolute Gasteiger partial charge is 0.449 e. The highest BCUT2D eigenvalue weighted by Gasteiger charge is 2.19. The number of amides is 1. The fourth-order valence-electron chi connectivity index (χ4n) is 2.26. The van der Waals surface area contributed by atoms with Crippen molar-refractivity contribution in [3.05, 3.63) is 64.2 Å². The first-order valence-corrected chi connectivity index (χ1v) is 7.94. The third-order valence-corrected chi connectivity index (χ3v) is 4.05. The molecule has 0 saturated heterocycles. The number of ether oxygens (including phenoxy) is 1. The smallest absolute Gasteiger partial charge is 0.338 e. The summed E-state index contributed by atoms with van der Waals surface area (Å²) < 4.78 is 5.28. The van der Waals surface area contributed by atoms with Crippen molar-refractivity contribution >= 4 is 17.6 Å². The van der Waals surface area contributed by atoms with Crippen molar-refractivity contribution in [3.63, 3.8) is 0 Å². The van der Waals surface area contributed by atoms with E-state index in [1.807, 2.05) is 52.0 Å². The maximum atomic E-state index is 12.3. The average molecular weight is 325 g/mol. The maximum absolute atomic E-state index is 12.3. The fraction of sp³-hybridized carbons (Fsp3) is 0.300. The Morgan fingerprint density at radius 2 is 1.58 bits per heavy atom. The average Bonchev–Trinajstić information content (AvgIpc) is 2.53. The van der Waals surface area contributed by atoms with Gasteiger partial charge in [-0.25, -0.2) is 4.79 Å². The van der Waals surface area contributed by atoms with Crippen LogP contribution in [-0.2, 0) is 9.53 Å². The number of aryl methyl sites for hydroxylation is 4. The van der Waals surface area contributed by atoms with Crippen molar-refractivity contribution in [1.29, 1.82) is 0 Å². The van der Waals surface area contributed by atoms with Crippen LogP contribution in [0.25, 0.3) is 0 Å². The molecule has 0 saturated carbocycles. The monoisotopic (exact) mass is 325 g/mol. The van der Waals surface area contributed by atoms with Gasteiger partial charge in [0.05, 0.1) is 5.56 Å². The Hall–Kier alpha value is -2.62. The molecule has 1 atom stereocenters. The van der Waals surface area contributed by atoms with Gasteiger partial charge in [0.2, 0.25) is 0 Å². The van der Waals surface area contributed by atoms with Crippen molar-refractivity contribution < 1.29 is 14.3 Å². The lowest BCUT2D eigenvalue weighted by Crippen LogP contribution is -2.30. The molecule has 0 spiro atoms. The van der Waals surface area contributed by atoms with Gasteiger partial charge in [-0.2, -0.15) is 0 Å². The zero-order valence-electron chi connectivity index (χ0n) is 14.8. The van der Waals surface area contributed by atoms with Gasteiger partial charge in [-0.05, 0) is 75.1 Å². The summed E-state index contributed by atoms with van der Waals surface area (Å²) in [6, 6.07) is 11.2. The van der Waals surface area contributed by atoms with E-state index in [0.29, 0.717) is 5.56 Å². The number of esters is 1. The molecule has 0 fully saturated rings. The van der Waals surface area contributed by atoms with E-state index in [2.05, 4.69) is 5.32 Å². The standard InChI is InChI=1S/C20H23NO3/c1-12-6-7-14(3)18(10-12)21-19(22)16(5)24-20(23)17-9-8-13(2)15(4)11-17/h6-11,16H,1-5H3,(H,21,22)/t16-/m1/s1. The zero-order chi connectivity index (χ0) is 17.9. The van der Waals surface area contributed by atoms with Crippen LogP contribution in [0.4, 0.5) is 5.69 Å². The third kappa shape index (κ3) is 4.22. The molecule has 0 bridgehead atoms. The lowest BCUT2D eigenvalue weighted by atomic mass is 10.1. The van der Waals surface area contributed by atoms with Gasteiger partial charge in [0.1, 0.15) is 0 Å². The molecule has 0 aliphatic carbocycles. The summed E-state index contributed by atoms with van der Waals surface area (Å²) in [5, 5.41) is 2.81. The summed E-state index contributed by atoms with van der Waals surface area (Å²) in [6.45, 7) is 9.35. The van der Waals surface area contributed by atoms with Crippen LogP contribution in [-0.4, -0.2) is 18.0 Å². The van der Waals surface area contributed by atoms with Gasteiger partial charge in [0, 0.05) is 5.69 Å². The lowest BCUT2D eigenvalue weighted by molar-refractivity contribution is -0.123. The van der Waals surface area contributed by atoms with Gasteiger partial charge in [-0.1, -0.05) is 18.2 Å².